The van der Waals surface area contributed by atoms with Crippen LogP contribution in [0.3, 0.4) is 0 Å². The summed E-state index contributed by atoms with van der Waals surface area (Å²) in [4.78, 5) is 15.8. The molecule has 1 aromatic carbocycles. The van der Waals surface area contributed by atoms with Crippen molar-refractivity contribution < 1.29 is 17.9 Å². The van der Waals surface area contributed by atoms with Crippen molar-refractivity contribution in [2.45, 2.75) is 75.3 Å². The standard InChI is InChI=1S/C23H35N3O4S/c1-3-11-26-19-8-9-20(26)15-17(14-19)23(27)24-18-7-10-21(30-2)22(16-18)31(28,29)25-12-5-4-6-13-25/h7,10,16-17,19-20H,3-6,8-9,11-15H2,1-2H3,(H,24,27). The number of nitrogens with one attached hydrogen (secondary N) is 1. The zero-order chi connectivity index (χ0) is 22.0. The number of methoxy groups -OCH3 is 1. The number of anilines is 1. The van der Waals surface area contributed by atoms with E-state index in [0.717, 1.165) is 45.1 Å². The lowest BCUT2D eigenvalue weighted by atomic mass is 9.89. The van der Waals surface area contributed by atoms with Crippen LogP contribution in [-0.2, 0) is 14.8 Å². The van der Waals surface area contributed by atoms with E-state index in [1.54, 1.807) is 18.2 Å². The van der Waals surface area contributed by atoms with Crippen LogP contribution in [0.15, 0.2) is 23.1 Å². The Labute approximate surface area is 186 Å². The number of benzene rings is 1. The highest BCUT2D eigenvalue weighted by molar-refractivity contribution is 7.89. The first-order valence-corrected chi connectivity index (χ1v) is 13.1. The van der Waals surface area contributed by atoms with E-state index in [4.69, 9.17) is 4.74 Å². The molecule has 0 radical (unpaired) electrons. The summed E-state index contributed by atoms with van der Waals surface area (Å²) in [6.45, 7) is 4.37. The molecule has 3 saturated heterocycles. The maximum atomic E-state index is 13.2. The molecule has 172 valence electrons. The van der Waals surface area contributed by atoms with E-state index in [-0.39, 0.29) is 16.7 Å². The van der Waals surface area contributed by atoms with Crippen molar-refractivity contribution >= 4 is 21.6 Å². The molecule has 8 heteroatoms. The van der Waals surface area contributed by atoms with Crippen molar-refractivity contribution in [1.82, 2.24) is 9.21 Å². The van der Waals surface area contributed by atoms with Crippen LogP contribution in [0.2, 0.25) is 0 Å². The van der Waals surface area contributed by atoms with E-state index in [1.165, 1.54) is 24.3 Å². The predicted molar refractivity (Wildman–Crippen MR) is 121 cm³/mol. The third kappa shape index (κ3) is 4.61. The average Bonchev–Trinajstić information content (AvgIpc) is 3.01. The number of piperidine rings is 2. The van der Waals surface area contributed by atoms with Gasteiger partial charge in [0.1, 0.15) is 10.6 Å². The second kappa shape index (κ2) is 9.46. The van der Waals surface area contributed by atoms with Crippen LogP contribution in [0.1, 0.15) is 58.3 Å². The Balaban J connectivity index is 1.49. The summed E-state index contributed by atoms with van der Waals surface area (Å²) >= 11 is 0. The van der Waals surface area contributed by atoms with Crippen LogP contribution in [0.25, 0.3) is 0 Å². The molecule has 4 rings (SSSR count). The van der Waals surface area contributed by atoms with E-state index in [2.05, 4.69) is 17.1 Å². The molecule has 2 atom stereocenters. The summed E-state index contributed by atoms with van der Waals surface area (Å²) in [5.41, 5.74) is 0.518. The van der Waals surface area contributed by atoms with Crippen LogP contribution < -0.4 is 10.1 Å². The molecule has 3 fully saturated rings. The Morgan fingerprint density at radius 2 is 1.81 bits per heavy atom. The SMILES string of the molecule is CCCN1C2CCC1CC(C(=O)Nc1ccc(OC)c(S(=O)(=O)N3CCCCC3)c1)C2. The Bertz CT molecular complexity index is 884. The second-order valence-electron chi connectivity index (χ2n) is 9.11. The van der Waals surface area contributed by atoms with Crippen LogP contribution in [0.4, 0.5) is 5.69 Å². The zero-order valence-electron chi connectivity index (χ0n) is 18.7. The van der Waals surface area contributed by atoms with Crippen LogP contribution >= 0.6 is 0 Å². The maximum absolute atomic E-state index is 13.2. The van der Waals surface area contributed by atoms with E-state index in [1.807, 2.05) is 0 Å². The van der Waals surface area contributed by atoms with Crippen molar-refractivity contribution in [2.24, 2.45) is 5.92 Å². The maximum Gasteiger partial charge on any atom is 0.246 e. The lowest BCUT2D eigenvalue weighted by Crippen LogP contribution is -2.45. The Morgan fingerprint density at radius 1 is 1.13 bits per heavy atom. The largest absolute Gasteiger partial charge is 0.495 e. The smallest absolute Gasteiger partial charge is 0.246 e. The minimum atomic E-state index is -3.66. The minimum Gasteiger partial charge on any atom is -0.495 e. The van der Waals surface area contributed by atoms with Crippen molar-refractivity contribution in [2.75, 3.05) is 32.1 Å². The fourth-order valence-corrected chi connectivity index (χ4v) is 7.25. The monoisotopic (exact) mass is 449 g/mol. The fourth-order valence-electron chi connectivity index (χ4n) is 5.56. The van der Waals surface area contributed by atoms with Gasteiger partial charge in [-0.05, 0) is 69.7 Å². The molecule has 31 heavy (non-hydrogen) atoms. The summed E-state index contributed by atoms with van der Waals surface area (Å²) in [5.74, 6) is 0.295. The number of hydrogen-bond donors (Lipinski definition) is 1. The summed E-state index contributed by atoms with van der Waals surface area (Å²) in [6, 6.07) is 5.93. The molecule has 3 aliphatic rings. The normalized spacial score (nSPS) is 27.2. The molecule has 0 saturated carbocycles. The molecule has 0 aliphatic carbocycles. The van der Waals surface area contributed by atoms with Crippen molar-refractivity contribution in [3.8, 4) is 5.75 Å². The number of fused-ring (bicyclic) bond motifs is 2. The van der Waals surface area contributed by atoms with Gasteiger partial charge in [-0.15, -0.1) is 0 Å². The first-order valence-electron chi connectivity index (χ1n) is 11.7. The number of hydrogen-bond acceptors (Lipinski definition) is 5. The summed E-state index contributed by atoms with van der Waals surface area (Å²) in [6.07, 6.45) is 8.07. The summed E-state index contributed by atoms with van der Waals surface area (Å²) < 4.78 is 33.3. The van der Waals surface area contributed by atoms with Gasteiger partial charge in [0, 0.05) is 36.8 Å². The first-order chi connectivity index (χ1) is 14.9. The van der Waals surface area contributed by atoms with Gasteiger partial charge < -0.3 is 10.1 Å². The molecule has 3 heterocycles. The van der Waals surface area contributed by atoms with Crippen LogP contribution in [0, 0.1) is 5.92 Å². The fraction of sp³-hybridized carbons (Fsp3) is 0.696. The van der Waals surface area contributed by atoms with Gasteiger partial charge in [-0.1, -0.05) is 13.3 Å². The van der Waals surface area contributed by atoms with Gasteiger partial charge in [-0.25, -0.2) is 8.42 Å². The lowest BCUT2D eigenvalue weighted by Gasteiger charge is -2.38. The zero-order valence-corrected chi connectivity index (χ0v) is 19.5. The van der Waals surface area contributed by atoms with Crippen molar-refractivity contribution in [3.05, 3.63) is 18.2 Å². The van der Waals surface area contributed by atoms with Gasteiger partial charge in [-0.3, -0.25) is 9.69 Å². The van der Waals surface area contributed by atoms with E-state index in [9.17, 15) is 13.2 Å². The third-order valence-corrected chi connectivity index (χ3v) is 9.02. The van der Waals surface area contributed by atoms with Gasteiger partial charge in [-0.2, -0.15) is 4.31 Å². The highest BCUT2D eigenvalue weighted by atomic mass is 32.2. The average molecular weight is 450 g/mol. The number of carbonyl (C=O) groups is 1. The van der Waals surface area contributed by atoms with E-state index >= 15 is 0 Å². The van der Waals surface area contributed by atoms with Crippen LogP contribution in [0.5, 0.6) is 5.75 Å². The highest BCUT2D eigenvalue weighted by Gasteiger charge is 2.42. The van der Waals surface area contributed by atoms with E-state index in [0.29, 0.717) is 36.6 Å². The minimum absolute atomic E-state index is 0.000430. The molecule has 2 unspecified atom stereocenters. The third-order valence-electron chi connectivity index (χ3n) is 7.10. The molecule has 0 aromatic heterocycles. The van der Waals surface area contributed by atoms with Gasteiger partial charge in [0.15, 0.2) is 0 Å². The number of rotatable bonds is 7. The van der Waals surface area contributed by atoms with E-state index < -0.39 is 10.0 Å². The number of sulfonamides is 1. The van der Waals surface area contributed by atoms with Crippen molar-refractivity contribution in [3.63, 3.8) is 0 Å². The molecule has 7 nitrogen and oxygen atoms in total. The van der Waals surface area contributed by atoms with Gasteiger partial charge in [0.05, 0.1) is 7.11 Å². The number of ether oxygens (including phenoxy) is 1. The first kappa shape index (κ1) is 22.6. The van der Waals surface area contributed by atoms with Gasteiger partial charge in [0.2, 0.25) is 15.9 Å². The van der Waals surface area contributed by atoms with Gasteiger partial charge >= 0.3 is 0 Å². The molecule has 0 spiro atoms. The van der Waals surface area contributed by atoms with Crippen LogP contribution in [-0.4, -0.2) is 62.4 Å². The second-order valence-corrected chi connectivity index (χ2v) is 11.0. The molecule has 1 N–H and O–H groups in total. The Morgan fingerprint density at radius 3 is 2.42 bits per heavy atom. The Hall–Kier alpha value is -1.64. The number of carbonyl (C=O) groups excluding carboxylic acids is 1. The predicted octanol–water partition coefficient (Wildman–Crippen LogP) is 3.46. The molecule has 1 amide bonds. The lowest BCUT2D eigenvalue weighted by molar-refractivity contribution is -0.122. The molecular formula is C23H35N3O4S. The molecule has 3 aliphatic heterocycles. The van der Waals surface area contributed by atoms with Gasteiger partial charge in [0.25, 0.3) is 0 Å². The molecule has 2 bridgehead atoms. The number of amides is 1. The summed E-state index contributed by atoms with van der Waals surface area (Å²) in [5, 5.41) is 3.00. The highest BCUT2D eigenvalue weighted by Crippen LogP contribution is 2.39. The summed E-state index contributed by atoms with van der Waals surface area (Å²) in [7, 11) is -2.18. The molecule has 1 aromatic rings. The molecular weight excluding hydrogens is 414 g/mol. The number of nitrogens with zero attached hydrogens (tertiary/aromatic N) is 2. The topological polar surface area (TPSA) is 79.0 Å². The Kier molecular flexibility index (Phi) is 6.89. The quantitative estimate of drug-likeness (QED) is 0.690. The van der Waals surface area contributed by atoms with Crippen molar-refractivity contribution in [1.29, 1.82) is 0 Å².